The molecule has 0 bridgehead atoms. The summed E-state index contributed by atoms with van der Waals surface area (Å²) in [6, 6.07) is 15.0. The van der Waals surface area contributed by atoms with Crippen LogP contribution in [0, 0.1) is 0 Å². The van der Waals surface area contributed by atoms with Crippen LogP contribution in [0.15, 0.2) is 48.5 Å². The number of aliphatic hydroxyl groups is 1. The molecule has 0 fully saturated rings. The van der Waals surface area contributed by atoms with E-state index in [9.17, 15) is 9.90 Å². The van der Waals surface area contributed by atoms with Crippen molar-refractivity contribution in [3.8, 4) is 5.75 Å². The van der Waals surface area contributed by atoms with Gasteiger partial charge >= 0.3 is 0 Å². The molecule has 2 aromatic carbocycles. The van der Waals surface area contributed by atoms with E-state index in [-0.39, 0.29) is 12.5 Å². The first-order chi connectivity index (χ1) is 10.2. The monoisotopic (exact) mass is 283 g/mol. The Hall–Kier alpha value is -2.33. The van der Waals surface area contributed by atoms with E-state index in [0.717, 1.165) is 22.6 Å². The fourth-order valence-corrected chi connectivity index (χ4v) is 2.40. The van der Waals surface area contributed by atoms with E-state index >= 15 is 0 Å². The topological polar surface area (TPSA) is 58.6 Å². The second kappa shape index (κ2) is 5.97. The van der Waals surface area contributed by atoms with Gasteiger partial charge in [-0.2, -0.15) is 0 Å². The second-order valence-corrected chi connectivity index (χ2v) is 5.10. The van der Waals surface area contributed by atoms with Gasteiger partial charge in [-0.05, 0) is 35.7 Å². The number of nitrogens with one attached hydrogen (secondary N) is 1. The van der Waals surface area contributed by atoms with E-state index in [0.29, 0.717) is 12.8 Å². The molecule has 0 aliphatic carbocycles. The van der Waals surface area contributed by atoms with Crippen molar-refractivity contribution < 1.29 is 14.6 Å². The highest BCUT2D eigenvalue weighted by atomic mass is 16.5. The smallest absolute Gasteiger partial charge is 0.224 e. The summed E-state index contributed by atoms with van der Waals surface area (Å²) in [5.41, 5.74) is 2.71. The molecule has 1 unspecified atom stereocenters. The van der Waals surface area contributed by atoms with Crippen LogP contribution in [0.5, 0.6) is 5.75 Å². The van der Waals surface area contributed by atoms with E-state index in [1.54, 1.807) is 0 Å². The van der Waals surface area contributed by atoms with Crippen molar-refractivity contribution in [3.63, 3.8) is 0 Å². The van der Waals surface area contributed by atoms with Crippen LogP contribution in [0.4, 0.5) is 5.69 Å². The lowest BCUT2D eigenvalue weighted by molar-refractivity contribution is -0.116. The first kappa shape index (κ1) is 13.6. The van der Waals surface area contributed by atoms with Gasteiger partial charge in [0.25, 0.3) is 0 Å². The van der Waals surface area contributed by atoms with Gasteiger partial charge in [0, 0.05) is 12.1 Å². The van der Waals surface area contributed by atoms with Gasteiger partial charge < -0.3 is 15.2 Å². The van der Waals surface area contributed by atoms with Crippen molar-refractivity contribution in [1.29, 1.82) is 0 Å². The van der Waals surface area contributed by atoms with Crippen LogP contribution < -0.4 is 10.1 Å². The quantitative estimate of drug-likeness (QED) is 0.907. The fraction of sp³-hybridized carbons (Fsp3) is 0.235. The number of hydrogen-bond donors (Lipinski definition) is 2. The number of hydrogen-bond acceptors (Lipinski definition) is 3. The summed E-state index contributed by atoms with van der Waals surface area (Å²) in [5.74, 6) is 0.782. The largest absolute Gasteiger partial charge is 0.491 e. The second-order valence-electron chi connectivity index (χ2n) is 5.10. The summed E-state index contributed by atoms with van der Waals surface area (Å²) < 4.78 is 5.56. The standard InChI is InChI=1S/C17H17NO3/c19-16(11-21-14-4-2-1-3-5-14)13-6-8-15-12(10-13)7-9-17(20)18-15/h1-6,8,10,16,19H,7,9,11H2,(H,18,20). The molecule has 21 heavy (non-hydrogen) atoms. The van der Waals surface area contributed by atoms with Crippen LogP contribution in [0.2, 0.25) is 0 Å². The summed E-state index contributed by atoms with van der Waals surface area (Å²) in [4.78, 5) is 11.3. The van der Waals surface area contributed by atoms with Gasteiger partial charge in [0.05, 0.1) is 0 Å². The Bertz CT molecular complexity index is 640. The fourth-order valence-electron chi connectivity index (χ4n) is 2.40. The first-order valence-electron chi connectivity index (χ1n) is 7.01. The van der Waals surface area contributed by atoms with Gasteiger partial charge in [0.2, 0.25) is 5.91 Å². The predicted molar refractivity (Wildman–Crippen MR) is 80.3 cm³/mol. The number of benzene rings is 2. The van der Waals surface area contributed by atoms with E-state index in [1.165, 1.54) is 0 Å². The van der Waals surface area contributed by atoms with Crippen LogP contribution in [-0.4, -0.2) is 17.6 Å². The maximum absolute atomic E-state index is 11.3. The minimum absolute atomic E-state index is 0.0446. The number of ether oxygens (including phenoxy) is 1. The van der Waals surface area contributed by atoms with E-state index in [1.807, 2.05) is 48.5 Å². The molecule has 1 atom stereocenters. The van der Waals surface area contributed by atoms with Crippen molar-refractivity contribution in [2.24, 2.45) is 0 Å². The van der Waals surface area contributed by atoms with E-state index in [4.69, 9.17) is 4.74 Å². The predicted octanol–water partition coefficient (Wildman–Crippen LogP) is 2.68. The normalized spacial score (nSPS) is 15.0. The molecule has 3 rings (SSSR count). The number of aryl methyl sites for hydroxylation is 1. The summed E-state index contributed by atoms with van der Waals surface area (Å²) >= 11 is 0. The average Bonchev–Trinajstić information content (AvgIpc) is 2.53. The van der Waals surface area contributed by atoms with Crippen molar-refractivity contribution in [2.45, 2.75) is 18.9 Å². The lowest BCUT2D eigenvalue weighted by Gasteiger charge is -2.19. The van der Waals surface area contributed by atoms with Crippen LogP contribution in [0.3, 0.4) is 0 Å². The van der Waals surface area contributed by atoms with Crippen molar-refractivity contribution >= 4 is 11.6 Å². The SMILES string of the molecule is O=C1CCc2cc(C(O)COc3ccccc3)ccc2N1. The molecule has 2 N–H and O–H groups in total. The third kappa shape index (κ3) is 3.23. The van der Waals surface area contributed by atoms with Gasteiger partial charge in [-0.15, -0.1) is 0 Å². The summed E-state index contributed by atoms with van der Waals surface area (Å²) in [6.07, 6.45) is 0.516. The number of aliphatic hydroxyl groups excluding tert-OH is 1. The first-order valence-corrected chi connectivity index (χ1v) is 7.01. The Morgan fingerprint density at radius 2 is 1.95 bits per heavy atom. The van der Waals surface area contributed by atoms with Gasteiger partial charge in [0.1, 0.15) is 18.5 Å². The molecule has 1 aliphatic rings. The third-order valence-corrected chi connectivity index (χ3v) is 3.56. The zero-order valence-corrected chi connectivity index (χ0v) is 11.6. The zero-order valence-electron chi connectivity index (χ0n) is 11.6. The Morgan fingerprint density at radius 1 is 1.14 bits per heavy atom. The number of fused-ring (bicyclic) bond motifs is 1. The van der Waals surface area contributed by atoms with Gasteiger partial charge in [-0.3, -0.25) is 4.79 Å². The molecule has 4 heteroatoms. The lowest BCUT2D eigenvalue weighted by Crippen LogP contribution is -2.19. The van der Waals surface area contributed by atoms with Crippen LogP contribution in [0.25, 0.3) is 0 Å². The van der Waals surface area contributed by atoms with E-state index in [2.05, 4.69) is 5.32 Å². The molecule has 108 valence electrons. The third-order valence-electron chi connectivity index (χ3n) is 3.56. The molecule has 4 nitrogen and oxygen atoms in total. The van der Waals surface area contributed by atoms with Crippen LogP contribution in [-0.2, 0) is 11.2 Å². The zero-order chi connectivity index (χ0) is 14.7. The Morgan fingerprint density at radius 3 is 2.76 bits per heavy atom. The molecule has 0 saturated carbocycles. The van der Waals surface area contributed by atoms with E-state index < -0.39 is 6.10 Å². The lowest BCUT2D eigenvalue weighted by atomic mass is 9.98. The molecule has 1 heterocycles. The molecule has 2 aromatic rings. The number of carbonyl (C=O) groups excluding carboxylic acids is 1. The summed E-state index contributed by atoms with van der Waals surface area (Å²) in [6.45, 7) is 0.204. The molecule has 0 radical (unpaired) electrons. The van der Waals surface area contributed by atoms with Crippen LogP contribution in [0.1, 0.15) is 23.7 Å². The molecular weight excluding hydrogens is 266 g/mol. The van der Waals surface area contributed by atoms with Gasteiger partial charge in [-0.25, -0.2) is 0 Å². The van der Waals surface area contributed by atoms with Crippen molar-refractivity contribution in [2.75, 3.05) is 11.9 Å². The number of amides is 1. The maximum atomic E-state index is 11.3. The average molecular weight is 283 g/mol. The summed E-state index contributed by atoms with van der Waals surface area (Å²) in [5, 5.41) is 13.1. The summed E-state index contributed by atoms with van der Waals surface area (Å²) in [7, 11) is 0. The molecule has 0 aromatic heterocycles. The Kier molecular flexibility index (Phi) is 3.88. The van der Waals surface area contributed by atoms with Crippen LogP contribution >= 0.6 is 0 Å². The van der Waals surface area contributed by atoms with Gasteiger partial charge in [0.15, 0.2) is 0 Å². The Labute approximate surface area is 123 Å². The molecule has 0 spiro atoms. The molecule has 1 amide bonds. The minimum Gasteiger partial charge on any atom is -0.491 e. The highest BCUT2D eigenvalue weighted by Gasteiger charge is 2.17. The molecule has 1 aliphatic heterocycles. The number of anilines is 1. The highest BCUT2D eigenvalue weighted by Crippen LogP contribution is 2.26. The number of carbonyl (C=O) groups is 1. The van der Waals surface area contributed by atoms with Crippen molar-refractivity contribution in [1.82, 2.24) is 0 Å². The number of para-hydroxylation sites is 1. The maximum Gasteiger partial charge on any atom is 0.224 e. The minimum atomic E-state index is -0.687. The Balaban J connectivity index is 1.67. The highest BCUT2D eigenvalue weighted by molar-refractivity contribution is 5.93. The van der Waals surface area contributed by atoms with Crippen molar-refractivity contribution in [3.05, 3.63) is 59.7 Å². The van der Waals surface area contributed by atoms with Gasteiger partial charge in [-0.1, -0.05) is 30.3 Å². The molecule has 0 saturated heterocycles. The molecular formula is C17H17NO3. The number of rotatable bonds is 4.